The molecule has 0 bridgehead atoms. The third kappa shape index (κ3) is 3.94. The van der Waals surface area contributed by atoms with E-state index in [2.05, 4.69) is 4.74 Å². The van der Waals surface area contributed by atoms with Crippen LogP contribution in [-0.4, -0.2) is 17.5 Å². The van der Waals surface area contributed by atoms with Gasteiger partial charge >= 0.3 is 12.1 Å². The lowest BCUT2D eigenvalue weighted by molar-refractivity contribution is -0.388. The van der Waals surface area contributed by atoms with E-state index in [0.29, 0.717) is 6.07 Å². The minimum absolute atomic E-state index is 0.0105. The summed E-state index contributed by atoms with van der Waals surface area (Å²) < 4.78 is 42.6. The molecule has 1 aromatic rings. The first kappa shape index (κ1) is 14.9. The van der Waals surface area contributed by atoms with Crippen molar-refractivity contribution in [2.75, 3.05) is 6.61 Å². The minimum atomic E-state index is -4.85. The molecular weight excluding hydrogens is 267 g/mol. The zero-order valence-electron chi connectivity index (χ0n) is 9.86. The van der Waals surface area contributed by atoms with Gasteiger partial charge in [0.2, 0.25) is 0 Å². The molecule has 0 saturated carbocycles. The molecule has 0 amide bonds. The molecule has 19 heavy (non-hydrogen) atoms. The first-order chi connectivity index (χ1) is 8.75. The van der Waals surface area contributed by atoms with E-state index in [-0.39, 0.29) is 18.6 Å². The van der Waals surface area contributed by atoms with E-state index in [0.717, 1.165) is 12.1 Å². The van der Waals surface area contributed by atoms with Crippen LogP contribution in [0.3, 0.4) is 0 Å². The molecule has 0 atom stereocenters. The first-order valence-electron chi connectivity index (χ1n) is 5.25. The van der Waals surface area contributed by atoms with E-state index in [9.17, 15) is 28.1 Å². The van der Waals surface area contributed by atoms with Crippen molar-refractivity contribution in [3.05, 3.63) is 39.4 Å². The summed E-state index contributed by atoms with van der Waals surface area (Å²) in [5.74, 6) is -0.690. The molecule has 0 aliphatic heterocycles. The fourth-order valence-corrected chi connectivity index (χ4v) is 1.46. The van der Waals surface area contributed by atoms with Crippen molar-refractivity contribution < 1.29 is 27.6 Å². The van der Waals surface area contributed by atoms with Gasteiger partial charge in [-0.25, -0.2) is 0 Å². The molecular formula is C11H10F3NO4. The number of nitro groups is 1. The van der Waals surface area contributed by atoms with E-state index in [1.165, 1.54) is 0 Å². The number of esters is 1. The minimum Gasteiger partial charge on any atom is -0.466 e. The number of halogens is 3. The molecule has 0 aliphatic rings. The van der Waals surface area contributed by atoms with E-state index >= 15 is 0 Å². The predicted molar refractivity (Wildman–Crippen MR) is 58.4 cm³/mol. The van der Waals surface area contributed by atoms with E-state index in [4.69, 9.17) is 0 Å². The highest BCUT2D eigenvalue weighted by molar-refractivity contribution is 5.72. The molecule has 0 unspecified atom stereocenters. The van der Waals surface area contributed by atoms with Crippen LogP contribution in [0.4, 0.5) is 18.9 Å². The summed E-state index contributed by atoms with van der Waals surface area (Å²) in [5, 5.41) is 10.5. The molecule has 0 spiro atoms. The topological polar surface area (TPSA) is 69.4 Å². The number of carbonyl (C=O) groups is 1. The van der Waals surface area contributed by atoms with E-state index < -0.39 is 28.3 Å². The molecule has 0 radical (unpaired) electrons. The first-order valence-corrected chi connectivity index (χ1v) is 5.25. The van der Waals surface area contributed by atoms with Crippen molar-refractivity contribution in [1.29, 1.82) is 0 Å². The van der Waals surface area contributed by atoms with Gasteiger partial charge in [-0.3, -0.25) is 14.9 Å². The van der Waals surface area contributed by atoms with Gasteiger partial charge in [-0.2, -0.15) is 13.2 Å². The highest BCUT2D eigenvalue weighted by Gasteiger charge is 2.38. The average molecular weight is 277 g/mol. The zero-order valence-corrected chi connectivity index (χ0v) is 9.86. The van der Waals surface area contributed by atoms with Gasteiger partial charge in [-0.05, 0) is 18.6 Å². The Morgan fingerprint density at radius 3 is 2.53 bits per heavy atom. The smallest absolute Gasteiger partial charge is 0.423 e. The number of rotatable bonds is 4. The van der Waals surface area contributed by atoms with Gasteiger partial charge in [-0.15, -0.1) is 0 Å². The Hall–Kier alpha value is -2.12. The van der Waals surface area contributed by atoms with Crippen LogP contribution in [0, 0.1) is 10.1 Å². The van der Waals surface area contributed by atoms with Gasteiger partial charge in [0.25, 0.3) is 5.69 Å². The second-order valence-electron chi connectivity index (χ2n) is 3.59. The van der Waals surface area contributed by atoms with Crippen molar-refractivity contribution in [2.45, 2.75) is 19.5 Å². The Kier molecular flexibility index (Phi) is 4.47. The number of alkyl halides is 3. The highest BCUT2D eigenvalue weighted by atomic mass is 19.4. The fourth-order valence-electron chi connectivity index (χ4n) is 1.46. The zero-order chi connectivity index (χ0) is 14.6. The number of nitro benzene ring substituents is 1. The molecule has 8 heteroatoms. The van der Waals surface area contributed by atoms with Gasteiger partial charge in [0.05, 0.1) is 18.0 Å². The van der Waals surface area contributed by atoms with Gasteiger partial charge in [0, 0.05) is 6.07 Å². The summed E-state index contributed by atoms with van der Waals surface area (Å²) >= 11 is 0. The fraction of sp³-hybridized carbons (Fsp3) is 0.364. The quantitative estimate of drug-likeness (QED) is 0.482. The van der Waals surface area contributed by atoms with E-state index in [1.54, 1.807) is 6.92 Å². The Bertz CT molecular complexity index is 499. The Morgan fingerprint density at radius 1 is 1.42 bits per heavy atom. The summed E-state index contributed by atoms with van der Waals surface area (Å²) in [6, 6.07) is 2.43. The van der Waals surface area contributed by atoms with Crippen LogP contribution < -0.4 is 0 Å². The number of nitrogens with zero attached hydrogens (tertiary/aromatic N) is 1. The molecule has 0 aliphatic carbocycles. The standard InChI is InChI=1S/C11H10F3NO4/c1-2-19-10(16)6-7-3-4-9(15(17)18)8(5-7)11(12,13)14/h3-5H,2,6H2,1H3. The lowest BCUT2D eigenvalue weighted by Gasteiger charge is -2.09. The maximum atomic E-state index is 12.7. The number of benzene rings is 1. The second kappa shape index (κ2) is 5.68. The summed E-state index contributed by atoms with van der Waals surface area (Å²) in [6.45, 7) is 1.67. The van der Waals surface area contributed by atoms with Gasteiger partial charge in [-0.1, -0.05) is 6.07 Å². The summed E-state index contributed by atoms with van der Waals surface area (Å²) in [5.41, 5.74) is -2.41. The molecule has 0 heterocycles. The van der Waals surface area contributed by atoms with Crippen molar-refractivity contribution >= 4 is 11.7 Å². The van der Waals surface area contributed by atoms with Gasteiger partial charge in [0.1, 0.15) is 5.56 Å². The normalized spacial score (nSPS) is 11.2. The van der Waals surface area contributed by atoms with E-state index in [1.807, 2.05) is 0 Å². The summed E-state index contributed by atoms with van der Waals surface area (Å²) in [7, 11) is 0. The largest absolute Gasteiger partial charge is 0.466 e. The molecule has 0 saturated heterocycles. The molecule has 5 nitrogen and oxygen atoms in total. The Morgan fingerprint density at radius 2 is 2.05 bits per heavy atom. The average Bonchev–Trinajstić information content (AvgIpc) is 2.27. The molecule has 0 N–H and O–H groups in total. The van der Waals surface area contributed by atoms with Crippen molar-refractivity contribution in [1.82, 2.24) is 0 Å². The van der Waals surface area contributed by atoms with Crippen LogP contribution in [0.25, 0.3) is 0 Å². The van der Waals surface area contributed by atoms with Crippen molar-refractivity contribution in [3.63, 3.8) is 0 Å². The molecule has 1 aromatic carbocycles. The summed E-state index contributed by atoms with van der Waals surface area (Å²) in [6.07, 6.45) is -5.22. The van der Waals surface area contributed by atoms with Crippen molar-refractivity contribution in [2.24, 2.45) is 0 Å². The lowest BCUT2D eigenvalue weighted by atomic mass is 10.1. The number of ether oxygens (including phenoxy) is 1. The SMILES string of the molecule is CCOC(=O)Cc1ccc([N+](=O)[O-])c(C(F)(F)F)c1. The maximum absolute atomic E-state index is 12.7. The third-order valence-corrected chi connectivity index (χ3v) is 2.22. The van der Waals surface area contributed by atoms with Crippen LogP contribution in [-0.2, 0) is 22.1 Å². The monoisotopic (exact) mass is 277 g/mol. The van der Waals surface area contributed by atoms with Crippen LogP contribution >= 0.6 is 0 Å². The number of hydrogen-bond donors (Lipinski definition) is 0. The van der Waals surface area contributed by atoms with Crippen molar-refractivity contribution in [3.8, 4) is 0 Å². The Labute approximate surface area is 106 Å². The van der Waals surface area contributed by atoms with Crippen LogP contribution in [0.5, 0.6) is 0 Å². The van der Waals surface area contributed by atoms with Gasteiger partial charge in [0.15, 0.2) is 0 Å². The second-order valence-corrected chi connectivity index (χ2v) is 3.59. The van der Waals surface area contributed by atoms with Crippen LogP contribution in [0.15, 0.2) is 18.2 Å². The number of carbonyl (C=O) groups excluding carboxylic acids is 1. The van der Waals surface area contributed by atoms with Gasteiger partial charge < -0.3 is 4.74 Å². The predicted octanol–water partition coefficient (Wildman–Crippen LogP) is 2.72. The third-order valence-electron chi connectivity index (χ3n) is 2.22. The van der Waals surface area contributed by atoms with Crippen LogP contribution in [0.1, 0.15) is 18.1 Å². The highest BCUT2D eigenvalue weighted by Crippen LogP contribution is 2.36. The molecule has 104 valence electrons. The summed E-state index contributed by atoms with van der Waals surface area (Å²) in [4.78, 5) is 20.6. The molecule has 1 rings (SSSR count). The van der Waals surface area contributed by atoms with Crippen LogP contribution in [0.2, 0.25) is 0 Å². The molecule has 0 aromatic heterocycles. The Balaban J connectivity index is 3.12. The number of hydrogen-bond acceptors (Lipinski definition) is 4. The molecule has 0 fully saturated rings. The lowest BCUT2D eigenvalue weighted by Crippen LogP contribution is -2.12. The maximum Gasteiger partial charge on any atom is 0.423 e.